The summed E-state index contributed by atoms with van der Waals surface area (Å²) in [7, 11) is 0. The highest BCUT2D eigenvalue weighted by atomic mass is 19.3. The fourth-order valence-corrected chi connectivity index (χ4v) is 1.64. The van der Waals surface area contributed by atoms with Crippen molar-refractivity contribution < 1.29 is 13.5 Å². The zero-order valence-electron chi connectivity index (χ0n) is 11.1. The van der Waals surface area contributed by atoms with E-state index in [0.29, 0.717) is 5.57 Å². The van der Waals surface area contributed by atoms with E-state index in [1.54, 1.807) is 26.0 Å². The normalized spacial score (nSPS) is 15.0. The van der Waals surface area contributed by atoms with Crippen LogP contribution >= 0.6 is 0 Å². The second kappa shape index (κ2) is 8.04. The van der Waals surface area contributed by atoms with Crippen molar-refractivity contribution in [3.05, 3.63) is 35.6 Å². The Kier molecular flexibility index (Phi) is 7.51. The molecule has 0 aromatic rings. The first-order chi connectivity index (χ1) is 7.93. The van der Waals surface area contributed by atoms with E-state index in [2.05, 4.69) is 6.58 Å². The molecule has 1 atom stereocenters. The van der Waals surface area contributed by atoms with Crippen LogP contribution in [0.5, 0.6) is 0 Å². The van der Waals surface area contributed by atoms with Crippen molar-refractivity contribution in [1.29, 1.82) is 0 Å². The third-order valence-corrected chi connectivity index (χ3v) is 2.38. The highest BCUT2D eigenvalue weighted by Gasteiger charge is 2.18. The summed E-state index contributed by atoms with van der Waals surface area (Å²) < 4.78 is 31.3. The summed E-state index contributed by atoms with van der Waals surface area (Å²) >= 11 is 0. The SMILES string of the molecule is C=C(/C=C\C)/C(=C(\C)O[C@H](C)CCC)C(F)F. The Morgan fingerprint density at radius 2 is 2.00 bits per heavy atom. The van der Waals surface area contributed by atoms with Crippen LogP contribution in [0.1, 0.15) is 40.5 Å². The van der Waals surface area contributed by atoms with Crippen LogP contribution in [0.2, 0.25) is 0 Å². The quantitative estimate of drug-likeness (QED) is 0.459. The lowest BCUT2D eigenvalue weighted by Gasteiger charge is -2.18. The molecule has 0 bridgehead atoms. The first kappa shape index (κ1) is 15.9. The molecule has 0 N–H and O–H groups in total. The summed E-state index contributed by atoms with van der Waals surface area (Å²) in [5.74, 6) is 0.268. The molecular weight excluding hydrogens is 222 g/mol. The molecule has 0 aromatic heterocycles. The van der Waals surface area contributed by atoms with E-state index < -0.39 is 6.43 Å². The largest absolute Gasteiger partial charge is 0.495 e. The Hall–Kier alpha value is -1.12. The molecule has 0 aromatic carbocycles. The fraction of sp³-hybridized carbons (Fsp3) is 0.571. The van der Waals surface area contributed by atoms with Gasteiger partial charge in [0.05, 0.1) is 11.7 Å². The third-order valence-electron chi connectivity index (χ3n) is 2.38. The number of allylic oxidation sites excluding steroid dienone is 5. The number of alkyl halides is 2. The molecule has 17 heavy (non-hydrogen) atoms. The number of hydrogen-bond donors (Lipinski definition) is 0. The van der Waals surface area contributed by atoms with Crippen LogP contribution in [0.25, 0.3) is 0 Å². The second-order valence-electron chi connectivity index (χ2n) is 4.01. The Balaban J connectivity index is 4.93. The molecule has 0 saturated heterocycles. The third kappa shape index (κ3) is 5.66. The fourth-order valence-electron chi connectivity index (χ4n) is 1.64. The molecule has 0 unspecified atom stereocenters. The van der Waals surface area contributed by atoms with Crippen LogP contribution in [-0.2, 0) is 4.74 Å². The molecule has 98 valence electrons. The summed E-state index contributed by atoms with van der Waals surface area (Å²) in [5.41, 5.74) is 0.203. The maximum atomic E-state index is 12.9. The molecule has 0 radical (unpaired) electrons. The molecule has 0 aliphatic rings. The summed E-state index contributed by atoms with van der Waals surface area (Å²) in [6.45, 7) is 10.9. The van der Waals surface area contributed by atoms with Crippen LogP contribution in [0, 0.1) is 0 Å². The molecule has 0 aliphatic heterocycles. The van der Waals surface area contributed by atoms with Gasteiger partial charge in [-0.2, -0.15) is 0 Å². The van der Waals surface area contributed by atoms with Crippen molar-refractivity contribution in [2.75, 3.05) is 0 Å². The van der Waals surface area contributed by atoms with Crippen molar-refractivity contribution in [2.45, 2.75) is 53.1 Å². The average Bonchev–Trinajstić information content (AvgIpc) is 2.17. The van der Waals surface area contributed by atoms with Gasteiger partial charge in [0.25, 0.3) is 6.43 Å². The van der Waals surface area contributed by atoms with Crippen molar-refractivity contribution >= 4 is 0 Å². The molecule has 0 spiro atoms. The minimum Gasteiger partial charge on any atom is -0.495 e. The number of rotatable bonds is 7. The van der Waals surface area contributed by atoms with Crippen LogP contribution < -0.4 is 0 Å². The lowest BCUT2D eigenvalue weighted by atomic mass is 10.1. The molecule has 1 nitrogen and oxygen atoms in total. The first-order valence-electron chi connectivity index (χ1n) is 5.91. The number of ether oxygens (including phenoxy) is 1. The van der Waals surface area contributed by atoms with E-state index in [-0.39, 0.29) is 17.4 Å². The minimum absolute atomic E-state index is 0.0489. The topological polar surface area (TPSA) is 9.23 Å². The Labute approximate surface area is 103 Å². The lowest BCUT2D eigenvalue weighted by Crippen LogP contribution is -2.11. The van der Waals surface area contributed by atoms with Crippen LogP contribution in [0.4, 0.5) is 8.78 Å². The van der Waals surface area contributed by atoms with Crippen molar-refractivity contribution in [3.8, 4) is 0 Å². The van der Waals surface area contributed by atoms with Gasteiger partial charge in [-0.1, -0.05) is 32.1 Å². The maximum absolute atomic E-state index is 12.9. The van der Waals surface area contributed by atoms with Gasteiger partial charge in [-0.15, -0.1) is 0 Å². The summed E-state index contributed by atoms with van der Waals surface area (Å²) in [6, 6.07) is 0. The molecule has 0 fully saturated rings. The van der Waals surface area contributed by atoms with Crippen molar-refractivity contribution in [1.82, 2.24) is 0 Å². The van der Waals surface area contributed by atoms with Crippen LogP contribution in [0.3, 0.4) is 0 Å². The predicted molar refractivity (Wildman–Crippen MR) is 68.1 cm³/mol. The Bertz CT molecular complexity index is 303. The lowest BCUT2D eigenvalue weighted by molar-refractivity contribution is 0.110. The van der Waals surface area contributed by atoms with Gasteiger partial charge in [-0.25, -0.2) is 8.78 Å². The highest BCUT2D eigenvalue weighted by Crippen LogP contribution is 2.24. The van der Waals surface area contributed by atoms with Gasteiger partial charge in [0.15, 0.2) is 0 Å². The molecule has 3 heteroatoms. The monoisotopic (exact) mass is 244 g/mol. The highest BCUT2D eigenvalue weighted by molar-refractivity contribution is 5.40. The Morgan fingerprint density at radius 1 is 1.41 bits per heavy atom. The number of hydrogen-bond acceptors (Lipinski definition) is 1. The average molecular weight is 244 g/mol. The van der Waals surface area contributed by atoms with E-state index >= 15 is 0 Å². The molecule has 0 amide bonds. The van der Waals surface area contributed by atoms with E-state index in [4.69, 9.17) is 4.74 Å². The number of halogens is 2. The first-order valence-corrected chi connectivity index (χ1v) is 5.91. The second-order valence-corrected chi connectivity index (χ2v) is 4.01. The zero-order chi connectivity index (χ0) is 13.4. The standard InChI is InChI=1S/C14H22F2O/c1-6-8-10(3)13(14(15)16)12(5)17-11(4)9-7-2/h6,8,11,14H,3,7,9H2,1-2,4-5H3/b8-6-,13-12-/t11-/m1/s1. The van der Waals surface area contributed by atoms with Crippen molar-refractivity contribution in [2.24, 2.45) is 0 Å². The van der Waals surface area contributed by atoms with Gasteiger partial charge in [0.2, 0.25) is 0 Å². The smallest absolute Gasteiger partial charge is 0.267 e. The predicted octanol–water partition coefficient (Wildman–Crippen LogP) is 4.86. The van der Waals surface area contributed by atoms with Crippen LogP contribution in [0.15, 0.2) is 35.6 Å². The van der Waals surface area contributed by atoms with Gasteiger partial charge >= 0.3 is 0 Å². The van der Waals surface area contributed by atoms with E-state index in [1.807, 2.05) is 13.8 Å². The van der Waals surface area contributed by atoms with Gasteiger partial charge in [-0.05, 0) is 32.8 Å². The zero-order valence-corrected chi connectivity index (χ0v) is 11.1. The summed E-state index contributed by atoms with van der Waals surface area (Å²) in [5, 5.41) is 0. The minimum atomic E-state index is -2.56. The van der Waals surface area contributed by atoms with Gasteiger partial charge in [-0.3, -0.25) is 0 Å². The van der Waals surface area contributed by atoms with Gasteiger partial charge in [0, 0.05) is 0 Å². The summed E-state index contributed by atoms with van der Waals surface area (Å²) in [6.07, 6.45) is 2.46. The van der Waals surface area contributed by atoms with Crippen LogP contribution in [-0.4, -0.2) is 12.5 Å². The van der Waals surface area contributed by atoms with E-state index in [0.717, 1.165) is 12.8 Å². The van der Waals surface area contributed by atoms with E-state index in [9.17, 15) is 8.78 Å². The molecule has 0 heterocycles. The van der Waals surface area contributed by atoms with Gasteiger partial charge in [0.1, 0.15) is 5.76 Å². The maximum Gasteiger partial charge on any atom is 0.267 e. The molecule has 0 saturated carbocycles. The Morgan fingerprint density at radius 3 is 2.41 bits per heavy atom. The molecule has 0 aliphatic carbocycles. The van der Waals surface area contributed by atoms with Gasteiger partial charge < -0.3 is 4.74 Å². The summed E-state index contributed by atoms with van der Waals surface area (Å²) in [4.78, 5) is 0. The van der Waals surface area contributed by atoms with E-state index in [1.165, 1.54) is 0 Å². The molecular formula is C14H22F2O. The van der Waals surface area contributed by atoms with Crippen molar-refractivity contribution in [3.63, 3.8) is 0 Å². The molecule has 0 rings (SSSR count).